The molecule has 3 heteroatoms. The highest BCUT2D eigenvalue weighted by Crippen LogP contribution is 2.28. The molecule has 2 aromatic carbocycles. The summed E-state index contributed by atoms with van der Waals surface area (Å²) in [6.45, 7) is 1.31. The average molecular weight is 246 g/mol. The van der Waals surface area contributed by atoms with E-state index in [2.05, 4.69) is 17.4 Å². The van der Waals surface area contributed by atoms with E-state index >= 15 is 0 Å². The Morgan fingerprint density at radius 2 is 1.94 bits per heavy atom. The van der Waals surface area contributed by atoms with Crippen molar-refractivity contribution < 1.29 is 4.74 Å². The lowest BCUT2D eigenvalue weighted by atomic mass is 10.1. The molecule has 3 rings (SSSR count). The fourth-order valence-electron chi connectivity index (χ4n) is 1.99. The molecule has 17 heavy (non-hydrogen) atoms. The van der Waals surface area contributed by atoms with Gasteiger partial charge in [0.2, 0.25) is 0 Å². The minimum atomic E-state index is 0.581. The lowest BCUT2D eigenvalue weighted by Gasteiger charge is -2.19. The van der Waals surface area contributed by atoms with Crippen LogP contribution in [0.3, 0.4) is 0 Å². The number of hydrogen-bond acceptors (Lipinski definition) is 2. The lowest BCUT2D eigenvalue weighted by Crippen LogP contribution is -2.10. The van der Waals surface area contributed by atoms with Crippen LogP contribution in [0.5, 0.6) is 5.75 Å². The average Bonchev–Trinajstić information content (AvgIpc) is 2.33. The Morgan fingerprint density at radius 1 is 1.06 bits per heavy atom. The third kappa shape index (κ3) is 2.08. The van der Waals surface area contributed by atoms with Crippen LogP contribution >= 0.6 is 11.6 Å². The monoisotopic (exact) mass is 245 g/mol. The van der Waals surface area contributed by atoms with Gasteiger partial charge < -0.3 is 10.1 Å². The van der Waals surface area contributed by atoms with Crippen LogP contribution in [-0.4, -0.2) is 0 Å². The molecule has 0 saturated heterocycles. The third-order valence-corrected chi connectivity index (χ3v) is 3.13. The predicted molar refractivity (Wildman–Crippen MR) is 69.6 cm³/mol. The van der Waals surface area contributed by atoms with Crippen molar-refractivity contribution >= 4 is 17.3 Å². The molecule has 0 atom stereocenters. The fraction of sp³-hybridized carbons (Fsp3) is 0.143. The SMILES string of the molecule is Clc1ccc2c(c1)CNc1ccccc1CO2. The Balaban J connectivity index is 1.97. The van der Waals surface area contributed by atoms with E-state index in [1.807, 2.05) is 30.3 Å². The van der Waals surface area contributed by atoms with Gasteiger partial charge in [-0.2, -0.15) is 0 Å². The van der Waals surface area contributed by atoms with Crippen LogP contribution in [0.2, 0.25) is 5.02 Å². The van der Waals surface area contributed by atoms with Crippen molar-refractivity contribution in [1.29, 1.82) is 0 Å². The van der Waals surface area contributed by atoms with Gasteiger partial charge in [0, 0.05) is 28.4 Å². The minimum absolute atomic E-state index is 0.581. The molecule has 0 bridgehead atoms. The van der Waals surface area contributed by atoms with Crippen LogP contribution in [0.1, 0.15) is 11.1 Å². The molecular formula is C14H12ClNO. The number of rotatable bonds is 0. The molecule has 2 nitrogen and oxygen atoms in total. The van der Waals surface area contributed by atoms with Crippen molar-refractivity contribution in [2.75, 3.05) is 5.32 Å². The van der Waals surface area contributed by atoms with Crippen LogP contribution in [0.15, 0.2) is 42.5 Å². The molecule has 0 unspecified atom stereocenters. The first-order valence-corrected chi connectivity index (χ1v) is 5.94. The quantitative estimate of drug-likeness (QED) is 0.761. The van der Waals surface area contributed by atoms with E-state index < -0.39 is 0 Å². The maximum atomic E-state index is 5.99. The largest absolute Gasteiger partial charge is 0.488 e. The molecule has 86 valence electrons. The number of anilines is 1. The van der Waals surface area contributed by atoms with E-state index in [4.69, 9.17) is 16.3 Å². The van der Waals surface area contributed by atoms with Gasteiger partial charge in [0.05, 0.1) is 0 Å². The fourth-order valence-corrected chi connectivity index (χ4v) is 2.19. The zero-order valence-corrected chi connectivity index (χ0v) is 10.00. The summed E-state index contributed by atoms with van der Waals surface area (Å²) in [6, 6.07) is 13.9. The first-order chi connectivity index (χ1) is 8.33. The minimum Gasteiger partial charge on any atom is -0.488 e. The van der Waals surface area contributed by atoms with Crippen LogP contribution < -0.4 is 10.1 Å². The van der Waals surface area contributed by atoms with Gasteiger partial charge in [-0.1, -0.05) is 29.8 Å². The van der Waals surface area contributed by atoms with Crippen molar-refractivity contribution in [2.24, 2.45) is 0 Å². The Labute approximate surface area is 105 Å². The van der Waals surface area contributed by atoms with Gasteiger partial charge in [-0.3, -0.25) is 0 Å². The summed E-state index contributed by atoms with van der Waals surface area (Å²) in [5.74, 6) is 0.899. The summed E-state index contributed by atoms with van der Waals surface area (Å²) in [5, 5.41) is 4.15. The van der Waals surface area contributed by atoms with E-state index in [-0.39, 0.29) is 0 Å². The first kappa shape index (κ1) is 10.5. The summed E-state index contributed by atoms with van der Waals surface area (Å²) in [4.78, 5) is 0. The first-order valence-electron chi connectivity index (χ1n) is 5.56. The topological polar surface area (TPSA) is 21.3 Å². The molecule has 1 aliphatic heterocycles. The van der Waals surface area contributed by atoms with E-state index in [9.17, 15) is 0 Å². The number of para-hydroxylation sites is 1. The standard InChI is InChI=1S/C14H12ClNO/c15-12-5-6-14-11(7-12)8-16-13-4-2-1-3-10(13)9-17-14/h1-7,16H,8-9H2. The highest BCUT2D eigenvalue weighted by atomic mass is 35.5. The highest BCUT2D eigenvalue weighted by Gasteiger charge is 2.11. The smallest absolute Gasteiger partial charge is 0.124 e. The summed E-state index contributed by atoms with van der Waals surface area (Å²) in [7, 11) is 0. The molecule has 0 saturated carbocycles. The summed E-state index contributed by atoms with van der Waals surface area (Å²) >= 11 is 5.99. The highest BCUT2D eigenvalue weighted by molar-refractivity contribution is 6.30. The van der Waals surface area contributed by atoms with Crippen LogP contribution in [0.4, 0.5) is 5.69 Å². The van der Waals surface area contributed by atoms with Crippen molar-refractivity contribution in [3.8, 4) is 5.75 Å². The van der Waals surface area contributed by atoms with Crippen molar-refractivity contribution in [2.45, 2.75) is 13.2 Å². The van der Waals surface area contributed by atoms with Crippen LogP contribution in [0.25, 0.3) is 0 Å². The van der Waals surface area contributed by atoms with Crippen molar-refractivity contribution in [1.82, 2.24) is 0 Å². The number of fused-ring (bicyclic) bond motifs is 2. The van der Waals surface area contributed by atoms with E-state index in [1.54, 1.807) is 0 Å². The number of halogens is 1. The molecular weight excluding hydrogens is 234 g/mol. The van der Waals surface area contributed by atoms with E-state index in [0.29, 0.717) is 6.61 Å². The third-order valence-electron chi connectivity index (χ3n) is 2.89. The maximum absolute atomic E-state index is 5.99. The Bertz CT molecular complexity index is 554. The van der Waals surface area contributed by atoms with Crippen molar-refractivity contribution in [3.05, 3.63) is 58.6 Å². The number of nitrogens with one attached hydrogen (secondary N) is 1. The molecule has 0 aliphatic carbocycles. The number of benzene rings is 2. The lowest BCUT2D eigenvalue weighted by molar-refractivity contribution is 0.302. The Hall–Kier alpha value is -1.67. The van der Waals surface area contributed by atoms with Gasteiger partial charge >= 0.3 is 0 Å². The molecule has 0 spiro atoms. The Kier molecular flexibility index (Phi) is 2.65. The Morgan fingerprint density at radius 3 is 2.88 bits per heavy atom. The molecule has 0 radical (unpaired) electrons. The molecule has 0 amide bonds. The summed E-state index contributed by atoms with van der Waals surface area (Å²) in [5.41, 5.74) is 3.39. The maximum Gasteiger partial charge on any atom is 0.124 e. The van der Waals surface area contributed by atoms with Gasteiger partial charge in [0.25, 0.3) is 0 Å². The summed E-state index contributed by atoms with van der Waals surface area (Å²) in [6.07, 6.45) is 0. The zero-order chi connectivity index (χ0) is 11.7. The zero-order valence-electron chi connectivity index (χ0n) is 9.24. The van der Waals surface area contributed by atoms with E-state index in [0.717, 1.165) is 28.6 Å². The second-order valence-electron chi connectivity index (χ2n) is 4.05. The second-order valence-corrected chi connectivity index (χ2v) is 4.49. The van der Waals surface area contributed by atoms with Crippen molar-refractivity contribution in [3.63, 3.8) is 0 Å². The molecule has 1 aliphatic rings. The molecule has 0 aromatic heterocycles. The van der Waals surface area contributed by atoms with Gasteiger partial charge in [0.1, 0.15) is 12.4 Å². The van der Waals surface area contributed by atoms with Crippen LogP contribution in [-0.2, 0) is 13.2 Å². The van der Waals surface area contributed by atoms with Gasteiger partial charge in [0.15, 0.2) is 0 Å². The number of ether oxygens (including phenoxy) is 1. The van der Waals surface area contributed by atoms with Gasteiger partial charge in [-0.15, -0.1) is 0 Å². The second kappa shape index (κ2) is 4.30. The predicted octanol–water partition coefficient (Wildman–Crippen LogP) is 3.84. The number of hydrogen-bond donors (Lipinski definition) is 1. The summed E-state index contributed by atoms with van der Waals surface area (Å²) < 4.78 is 5.81. The van der Waals surface area contributed by atoms with E-state index in [1.165, 1.54) is 5.56 Å². The molecule has 2 aromatic rings. The normalized spacial score (nSPS) is 13.5. The van der Waals surface area contributed by atoms with Crippen LogP contribution in [0, 0.1) is 0 Å². The molecule has 0 fully saturated rings. The molecule has 1 N–H and O–H groups in total. The van der Waals surface area contributed by atoms with Gasteiger partial charge in [-0.05, 0) is 24.3 Å². The van der Waals surface area contributed by atoms with Gasteiger partial charge in [-0.25, -0.2) is 0 Å². The molecule has 1 heterocycles.